The standard InChI is InChI=1S/C22H30FN3O2.H2/c1-2-28-21(27)26-16-4-5-17(26)13-18(12-16)25-9-7-22(8-10-25)14-24-20-6-3-15(23)11-19(20)22;/h3,6,11,16-18,24H,2,4-5,7-10,12-14H2,1H3;1H. The molecule has 2 unspecified atom stereocenters. The highest BCUT2D eigenvalue weighted by molar-refractivity contribution is 5.69. The Morgan fingerprint density at radius 1 is 1.25 bits per heavy atom. The smallest absolute Gasteiger partial charge is 0.410 e. The third-order valence-corrected chi connectivity index (χ3v) is 7.63. The first-order valence-electron chi connectivity index (χ1n) is 10.8. The van der Waals surface area contributed by atoms with Gasteiger partial charge < -0.3 is 19.9 Å². The molecule has 1 N–H and O–H groups in total. The molecule has 1 aromatic rings. The number of anilines is 1. The maximum Gasteiger partial charge on any atom is 0.410 e. The van der Waals surface area contributed by atoms with E-state index >= 15 is 0 Å². The maximum atomic E-state index is 13.8. The Bertz CT molecular complexity index is 754. The molecule has 5 nitrogen and oxygen atoms in total. The Balaban J connectivity index is 0.00000205. The van der Waals surface area contributed by atoms with Gasteiger partial charge in [-0.3, -0.25) is 0 Å². The zero-order valence-electron chi connectivity index (χ0n) is 16.6. The van der Waals surface area contributed by atoms with Gasteiger partial charge in [-0.05, 0) is 82.3 Å². The van der Waals surface area contributed by atoms with E-state index in [-0.39, 0.29) is 18.8 Å². The molecule has 1 aromatic carbocycles. The molecule has 1 amide bonds. The molecule has 0 aliphatic carbocycles. The van der Waals surface area contributed by atoms with E-state index < -0.39 is 0 Å². The first-order chi connectivity index (χ1) is 13.6. The van der Waals surface area contributed by atoms with Crippen LogP contribution >= 0.6 is 0 Å². The molecule has 0 saturated carbocycles. The van der Waals surface area contributed by atoms with Gasteiger partial charge in [-0.1, -0.05) is 0 Å². The molecule has 6 heteroatoms. The van der Waals surface area contributed by atoms with Crippen LogP contribution in [0.15, 0.2) is 18.2 Å². The van der Waals surface area contributed by atoms with Crippen molar-refractivity contribution in [1.29, 1.82) is 0 Å². The van der Waals surface area contributed by atoms with Gasteiger partial charge in [0.05, 0.1) is 6.61 Å². The van der Waals surface area contributed by atoms with Crippen LogP contribution in [0, 0.1) is 5.82 Å². The molecule has 4 aliphatic heterocycles. The maximum absolute atomic E-state index is 13.8. The summed E-state index contributed by atoms with van der Waals surface area (Å²) in [4.78, 5) is 17.0. The van der Waals surface area contributed by atoms with E-state index in [1.54, 1.807) is 12.1 Å². The molecule has 0 radical (unpaired) electrons. The minimum absolute atomic E-state index is 0. The number of benzene rings is 1. The molecular weight excluding hydrogens is 357 g/mol. The van der Waals surface area contributed by atoms with Crippen molar-refractivity contribution in [2.24, 2.45) is 0 Å². The van der Waals surface area contributed by atoms with E-state index in [0.29, 0.717) is 24.7 Å². The number of hydrogen-bond acceptors (Lipinski definition) is 4. The molecule has 4 heterocycles. The minimum atomic E-state index is -0.132. The average molecular weight is 390 g/mol. The molecule has 28 heavy (non-hydrogen) atoms. The van der Waals surface area contributed by atoms with Crippen LogP contribution in [0.25, 0.3) is 0 Å². The fourth-order valence-corrected chi connectivity index (χ4v) is 6.17. The van der Waals surface area contributed by atoms with Gasteiger partial charge in [0.2, 0.25) is 0 Å². The lowest BCUT2D eigenvalue weighted by Gasteiger charge is -2.47. The molecule has 3 saturated heterocycles. The predicted octanol–water partition coefficient (Wildman–Crippen LogP) is 3.98. The van der Waals surface area contributed by atoms with Crippen LogP contribution in [-0.2, 0) is 10.2 Å². The number of ether oxygens (including phenoxy) is 1. The monoisotopic (exact) mass is 389 g/mol. The lowest BCUT2D eigenvalue weighted by atomic mass is 9.73. The van der Waals surface area contributed by atoms with Crippen LogP contribution in [0.1, 0.15) is 52.4 Å². The Hall–Kier alpha value is -1.82. The Morgan fingerprint density at radius 2 is 1.96 bits per heavy atom. The van der Waals surface area contributed by atoms with Gasteiger partial charge in [-0.2, -0.15) is 0 Å². The zero-order chi connectivity index (χ0) is 19.3. The summed E-state index contributed by atoms with van der Waals surface area (Å²) >= 11 is 0. The van der Waals surface area contributed by atoms with E-state index in [2.05, 4.69) is 10.2 Å². The number of rotatable bonds is 2. The summed E-state index contributed by atoms with van der Waals surface area (Å²) in [5, 5.41) is 3.49. The highest BCUT2D eigenvalue weighted by Gasteiger charge is 2.48. The summed E-state index contributed by atoms with van der Waals surface area (Å²) in [7, 11) is 0. The first kappa shape index (κ1) is 18.2. The predicted molar refractivity (Wildman–Crippen MR) is 108 cm³/mol. The molecule has 0 aromatic heterocycles. The normalized spacial score (nSPS) is 30.9. The Kier molecular flexibility index (Phi) is 4.49. The first-order valence-corrected chi connectivity index (χ1v) is 10.8. The molecule has 1 spiro atoms. The summed E-state index contributed by atoms with van der Waals surface area (Å²) in [6.45, 7) is 5.36. The quantitative estimate of drug-likeness (QED) is 0.831. The number of likely N-dealkylation sites (tertiary alicyclic amines) is 1. The van der Waals surface area contributed by atoms with Crippen LogP contribution in [0.4, 0.5) is 14.9 Å². The van der Waals surface area contributed by atoms with E-state index in [9.17, 15) is 9.18 Å². The van der Waals surface area contributed by atoms with E-state index in [0.717, 1.165) is 63.8 Å². The number of halogens is 1. The van der Waals surface area contributed by atoms with Gasteiger partial charge in [0.15, 0.2) is 0 Å². The highest BCUT2D eigenvalue weighted by atomic mass is 19.1. The Labute approximate surface area is 167 Å². The fourth-order valence-electron chi connectivity index (χ4n) is 6.17. The van der Waals surface area contributed by atoms with Gasteiger partial charge in [-0.15, -0.1) is 0 Å². The number of fused-ring (bicyclic) bond motifs is 4. The largest absolute Gasteiger partial charge is 0.450 e. The number of amides is 1. The van der Waals surface area contributed by atoms with Crippen LogP contribution in [0.2, 0.25) is 0 Å². The van der Waals surface area contributed by atoms with Gasteiger partial charge >= 0.3 is 6.09 Å². The van der Waals surface area contributed by atoms with Gasteiger partial charge in [0.25, 0.3) is 0 Å². The van der Waals surface area contributed by atoms with Crippen molar-refractivity contribution in [3.63, 3.8) is 0 Å². The lowest BCUT2D eigenvalue weighted by Crippen LogP contribution is -2.55. The van der Waals surface area contributed by atoms with Gasteiger partial charge in [-0.25, -0.2) is 9.18 Å². The molecule has 154 valence electrons. The molecule has 5 rings (SSSR count). The van der Waals surface area contributed by atoms with Crippen molar-refractivity contribution in [1.82, 2.24) is 9.80 Å². The number of nitrogens with zero attached hydrogens (tertiary/aromatic N) is 2. The SMILES string of the molecule is CCOC(=O)N1C2CCC1CC(N1CCC3(CC1)CNc1ccc(F)cc13)C2.[HH]. The minimum Gasteiger partial charge on any atom is -0.450 e. The van der Waals surface area contributed by atoms with E-state index in [1.807, 2.05) is 17.9 Å². The lowest BCUT2D eigenvalue weighted by molar-refractivity contribution is 0.0285. The summed E-state index contributed by atoms with van der Waals surface area (Å²) in [5.74, 6) is -0.132. The van der Waals surface area contributed by atoms with Crippen molar-refractivity contribution in [2.75, 3.05) is 31.6 Å². The van der Waals surface area contributed by atoms with Crippen LogP contribution in [0.5, 0.6) is 0 Å². The summed E-state index contributed by atoms with van der Waals surface area (Å²) in [6.07, 6.45) is 6.36. The topological polar surface area (TPSA) is 44.8 Å². The number of carbonyl (C=O) groups is 1. The molecular formula is C22H32FN3O2. The third kappa shape index (κ3) is 2.88. The number of nitrogens with one attached hydrogen (secondary N) is 1. The second kappa shape index (κ2) is 6.90. The van der Waals surface area contributed by atoms with Crippen molar-refractivity contribution in [3.8, 4) is 0 Å². The van der Waals surface area contributed by atoms with Crippen molar-refractivity contribution >= 4 is 11.8 Å². The van der Waals surface area contributed by atoms with Crippen molar-refractivity contribution in [2.45, 2.75) is 69.0 Å². The van der Waals surface area contributed by atoms with Gasteiger partial charge in [0, 0.05) is 37.2 Å². The van der Waals surface area contributed by atoms with Crippen molar-refractivity contribution < 1.29 is 15.3 Å². The fraction of sp³-hybridized carbons (Fsp3) is 0.682. The van der Waals surface area contributed by atoms with Crippen molar-refractivity contribution in [3.05, 3.63) is 29.6 Å². The number of carbonyl (C=O) groups excluding carboxylic acids is 1. The van der Waals surface area contributed by atoms with Crippen LogP contribution < -0.4 is 5.32 Å². The second-order valence-electron chi connectivity index (χ2n) is 8.98. The molecule has 2 bridgehead atoms. The Morgan fingerprint density at radius 3 is 2.64 bits per heavy atom. The molecule has 4 aliphatic rings. The van der Waals surface area contributed by atoms with Crippen LogP contribution in [-0.4, -0.2) is 60.3 Å². The van der Waals surface area contributed by atoms with Gasteiger partial charge in [0.1, 0.15) is 5.82 Å². The number of piperidine rings is 2. The molecule has 3 fully saturated rings. The summed E-state index contributed by atoms with van der Waals surface area (Å²) in [6, 6.07) is 6.40. The van der Waals surface area contributed by atoms with Crippen LogP contribution in [0.3, 0.4) is 0 Å². The second-order valence-corrected chi connectivity index (χ2v) is 8.98. The summed E-state index contributed by atoms with van der Waals surface area (Å²) < 4.78 is 19.1. The van der Waals surface area contributed by atoms with E-state index in [1.165, 1.54) is 5.56 Å². The van der Waals surface area contributed by atoms with E-state index in [4.69, 9.17) is 4.74 Å². The average Bonchev–Trinajstić information content (AvgIpc) is 3.17. The molecule has 2 atom stereocenters. The highest BCUT2D eigenvalue weighted by Crippen LogP contribution is 2.46. The third-order valence-electron chi connectivity index (χ3n) is 7.63. The number of hydrogen-bond donors (Lipinski definition) is 1. The zero-order valence-corrected chi connectivity index (χ0v) is 16.6. The summed E-state index contributed by atoms with van der Waals surface area (Å²) in [5.41, 5.74) is 2.36.